The fourth-order valence-corrected chi connectivity index (χ4v) is 3.07. The van der Waals surface area contributed by atoms with E-state index in [1.54, 1.807) is 0 Å². The van der Waals surface area contributed by atoms with Crippen LogP contribution >= 0.6 is 0 Å². The zero-order chi connectivity index (χ0) is 8.94. The molecule has 0 bridgehead atoms. The van der Waals surface area contributed by atoms with Crippen molar-refractivity contribution in [2.75, 3.05) is 6.54 Å². The number of fused-ring (bicyclic) bond motifs is 1. The summed E-state index contributed by atoms with van der Waals surface area (Å²) in [5.74, 6) is 0. The summed E-state index contributed by atoms with van der Waals surface area (Å²) < 4.78 is 6.23. The van der Waals surface area contributed by atoms with Crippen molar-refractivity contribution in [1.29, 1.82) is 0 Å². The van der Waals surface area contributed by atoms with Gasteiger partial charge in [-0.2, -0.15) is 0 Å². The fourth-order valence-electron chi connectivity index (χ4n) is 3.07. The van der Waals surface area contributed by atoms with E-state index in [1.807, 2.05) is 0 Å². The van der Waals surface area contributed by atoms with Crippen LogP contribution in [0, 0.1) is 5.41 Å². The standard InChI is InChI=1S/C11H19NO/c1-2-9-12-8-10(6-7-10)11(13-9)4-3-5-11/h9,12H,2-8H2,1H3. The smallest absolute Gasteiger partial charge is 0.108 e. The normalized spacial score (nSPS) is 39.0. The van der Waals surface area contributed by atoms with E-state index in [4.69, 9.17) is 4.74 Å². The molecule has 1 aliphatic heterocycles. The Labute approximate surface area is 80.0 Å². The van der Waals surface area contributed by atoms with Gasteiger partial charge in [-0.3, -0.25) is 5.32 Å². The van der Waals surface area contributed by atoms with E-state index < -0.39 is 0 Å². The lowest BCUT2D eigenvalue weighted by Gasteiger charge is -2.53. The van der Waals surface area contributed by atoms with E-state index in [-0.39, 0.29) is 0 Å². The van der Waals surface area contributed by atoms with Gasteiger partial charge in [0.15, 0.2) is 0 Å². The van der Waals surface area contributed by atoms with Gasteiger partial charge in [-0.05, 0) is 38.5 Å². The first-order valence-corrected chi connectivity index (χ1v) is 5.72. The van der Waals surface area contributed by atoms with Crippen LogP contribution in [0.4, 0.5) is 0 Å². The quantitative estimate of drug-likeness (QED) is 0.668. The Morgan fingerprint density at radius 3 is 2.54 bits per heavy atom. The van der Waals surface area contributed by atoms with Crippen LogP contribution in [0.5, 0.6) is 0 Å². The number of nitrogens with one attached hydrogen (secondary N) is 1. The van der Waals surface area contributed by atoms with Gasteiger partial charge < -0.3 is 4.74 Å². The van der Waals surface area contributed by atoms with Crippen molar-refractivity contribution >= 4 is 0 Å². The van der Waals surface area contributed by atoms with Crippen molar-refractivity contribution in [3.05, 3.63) is 0 Å². The zero-order valence-electron chi connectivity index (χ0n) is 8.44. The molecule has 3 rings (SSSR count). The Bertz CT molecular complexity index is 218. The van der Waals surface area contributed by atoms with Crippen LogP contribution in [-0.4, -0.2) is 18.4 Å². The van der Waals surface area contributed by atoms with Crippen molar-refractivity contribution < 1.29 is 4.74 Å². The molecule has 0 aromatic heterocycles. The molecule has 1 unspecified atom stereocenters. The second-order valence-electron chi connectivity index (χ2n) is 5.02. The first-order valence-electron chi connectivity index (χ1n) is 5.72. The van der Waals surface area contributed by atoms with Crippen LogP contribution in [0.1, 0.15) is 45.4 Å². The number of rotatable bonds is 1. The number of ether oxygens (including phenoxy) is 1. The predicted molar refractivity (Wildman–Crippen MR) is 51.4 cm³/mol. The molecule has 3 fully saturated rings. The molecule has 2 heteroatoms. The summed E-state index contributed by atoms with van der Waals surface area (Å²) >= 11 is 0. The van der Waals surface area contributed by atoms with Gasteiger partial charge in [-0.1, -0.05) is 6.92 Å². The molecule has 0 radical (unpaired) electrons. The van der Waals surface area contributed by atoms with E-state index in [1.165, 1.54) is 38.6 Å². The molecular weight excluding hydrogens is 162 g/mol. The van der Waals surface area contributed by atoms with Gasteiger partial charge in [0.05, 0.1) is 5.60 Å². The lowest BCUT2D eigenvalue weighted by Crippen LogP contribution is -2.61. The molecule has 1 saturated heterocycles. The highest BCUT2D eigenvalue weighted by atomic mass is 16.5. The summed E-state index contributed by atoms with van der Waals surface area (Å²) in [6.07, 6.45) is 8.28. The summed E-state index contributed by atoms with van der Waals surface area (Å²) in [6.45, 7) is 3.42. The Balaban J connectivity index is 1.80. The lowest BCUT2D eigenvalue weighted by molar-refractivity contribution is -0.216. The van der Waals surface area contributed by atoms with Crippen molar-refractivity contribution in [1.82, 2.24) is 5.32 Å². The van der Waals surface area contributed by atoms with Crippen molar-refractivity contribution in [3.8, 4) is 0 Å². The molecule has 1 N–H and O–H groups in total. The monoisotopic (exact) mass is 181 g/mol. The molecule has 3 aliphatic rings. The van der Waals surface area contributed by atoms with Gasteiger partial charge in [-0.15, -0.1) is 0 Å². The van der Waals surface area contributed by atoms with Gasteiger partial charge in [0.25, 0.3) is 0 Å². The molecule has 0 aromatic rings. The van der Waals surface area contributed by atoms with Crippen LogP contribution in [0.2, 0.25) is 0 Å². The summed E-state index contributed by atoms with van der Waals surface area (Å²) in [5, 5.41) is 3.52. The van der Waals surface area contributed by atoms with Crippen molar-refractivity contribution in [2.45, 2.75) is 57.3 Å². The molecule has 0 aromatic carbocycles. The average molecular weight is 181 g/mol. The number of hydrogen-bond donors (Lipinski definition) is 1. The second-order valence-corrected chi connectivity index (χ2v) is 5.02. The van der Waals surface area contributed by atoms with Crippen LogP contribution < -0.4 is 5.32 Å². The third-order valence-electron chi connectivity index (χ3n) is 4.39. The highest BCUT2D eigenvalue weighted by Crippen LogP contribution is 2.64. The van der Waals surface area contributed by atoms with E-state index >= 15 is 0 Å². The van der Waals surface area contributed by atoms with E-state index in [0.29, 0.717) is 17.2 Å². The summed E-state index contributed by atoms with van der Waals surface area (Å²) in [7, 11) is 0. The Hall–Kier alpha value is -0.0800. The lowest BCUT2D eigenvalue weighted by atomic mass is 9.67. The Morgan fingerprint density at radius 2 is 2.08 bits per heavy atom. The Morgan fingerprint density at radius 1 is 1.31 bits per heavy atom. The summed E-state index contributed by atoms with van der Waals surface area (Å²) in [6, 6.07) is 0. The van der Waals surface area contributed by atoms with E-state index in [2.05, 4.69) is 12.2 Å². The van der Waals surface area contributed by atoms with Crippen molar-refractivity contribution in [3.63, 3.8) is 0 Å². The van der Waals surface area contributed by atoms with Crippen molar-refractivity contribution in [2.24, 2.45) is 5.41 Å². The molecule has 2 saturated carbocycles. The minimum atomic E-state index is 0.318. The van der Waals surface area contributed by atoms with Gasteiger partial charge >= 0.3 is 0 Å². The molecule has 2 spiro atoms. The topological polar surface area (TPSA) is 21.3 Å². The minimum Gasteiger partial charge on any atom is -0.356 e. The molecule has 1 atom stereocenters. The Kier molecular flexibility index (Phi) is 1.58. The molecular formula is C11H19NO. The molecule has 74 valence electrons. The van der Waals surface area contributed by atoms with Gasteiger partial charge in [0, 0.05) is 12.0 Å². The summed E-state index contributed by atoms with van der Waals surface area (Å²) in [4.78, 5) is 0. The van der Waals surface area contributed by atoms with Crippen LogP contribution in [-0.2, 0) is 4.74 Å². The fraction of sp³-hybridized carbons (Fsp3) is 1.00. The molecule has 0 amide bonds. The largest absolute Gasteiger partial charge is 0.356 e. The van der Waals surface area contributed by atoms with E-state index in [9.17, 15) is 0 Å². The van der Waals surface area contributed by atoms with Crippen LogP contribution in [0.3, 0.4) is 0 Å². The molecule has 13 heavy (non-hydrogen) atoms. The maximum atomic E-state index is 6.23. The molecule has 2 aliphatic carbocycles. The third-order valence-corrected chi connectivity index (χ3v) is 4.39. The maximum Gasteiger partial charge on any atom is 0.108 e. The SMILES string of the molecule is CCC1NCC2(CC2)C2(CCC2)O1. The minimum absolute atomic E-state index is 0.318. The van der Waals surface area contributed by atoms with E-state index in [0.717, 1.165) is 6.42 Å². The van der Waals surface area contributed by atoms with Gasteiger partial charge in [-0.25, -0.2) is 0 Å². The maximum absolute atomic E-state index is 6.23. The van der Waals surface area contributed by atoms with Crippen LogP contribution in [0.15, 0.2) is 0 Å². The highest BCUT2D eigenvalue weighted by Gasteiger charge is 2.64. The average Bonchev–Trinajstić information content (AvgIpc) is 2.84. The first kappa shape index (κ1) is 8.25. The zero-order valence-corrected chi connectivity index (χ0v) is 8.44. The first-order chi connectivity index (χ1) is 6.30. The van der Waals surface area contributed by atoms with Gasteiger partial charge in [0.2, 0.25) is 0 Å². The number of hydrogen-bond acceptors (Lipinski definition) is 2. The van der Waals surface area contributed by atoms with Gasteiger partial charge in [0.1, 0.15) is 6.23 Å². The molecule has 2 nitrogen and oxygen atoms in total. The summed E-state index contributed by atoms with van der Waals surface area (Å²) in [5.41, 5.74) is 0.885. The second kappa shape index (κ2) is 2.48. The third kappa shape index (κ3) is 0.962. The predicted octanol–water partition coefficient (Wildman–Crippen LogP) is 2.05. The molecule has 1 heterocycles. The highest BCUT2D eigenvalue weighted by molar-refractivity contribution is 5.15. The van der Waals surface area contributed by atoms with Crippen LogP contribution in [0.25, 0.3) is 0 Å².